The molecule has 0 unspecified atom stereocenters. The number of rotatable bonds is 3. The van der Waals surface area contributed by atoms with E-state index in [9.17, 15) is 4.79 Å². The summed E-state index contributed by atoms with van der Waals surface area (Å²) >= 11 is 2.98. The van der Waals surface area contributed by atoms with Gasteiger partial charge >= 0.3 is 5.97 Å². The number of carbonyl (C=O) groups excluding carboxylic acids is 1. The molecule has 2 rings (SSSR count). The highest BCUT2D eigenvalue weighted by atomic mass is 32.2. The Morgan fingerprint density at radius 3 is 2.89 bits per heavy atom. The lowest BCUT2D eigenvalue weighted by molar-refractivity contribution is 0.0597. The predicted octanol–water partition coefficient (Wildman–Crippen LogP) is 2.97. The number of aryl methyl sites for hydroxylation is 1. The van der Waals surface area contributed by atoms with Crippen LogP contribution in [-0.4, -0.2) is 18.1 Å². The summed E-state index contributed by atoms with van der Waals surface area (Å²) in [4.78, 5) is 16.8. The number of carbonyl (C=O) groups is 1. The summed E-state index contributed by atoms with van der Waals surface area (Å²) in [6, 6.07) is 5.19. The third-order valence-corrected chi connectivity index (χ3v) is 4.34. The van der Waals surface area contributed by atoms with Crippen LogP contribution in [-0.2, 0) is 4.74 Å². The molecule has 0 saturated heterocycles. The highest BCUT2D eigenvalue weighted by molar-refractivity contribution is 8.01. The number of hydrogen-bond donors (Lipinski definition) is 1. The molecule has 1 heterocycles. The van der Waals surface area contributed by atoms with Crippen LogP contribution < -0.4 is 5.73 Å². The smallest absolute Gasteiger partial charge is 0.339 e. The average molecular weight is 280 g/mol. The molecule has 2 aromatic rings. The Labute approximate surface area is 113 Å². The van der Waals surface area contributed by atoms with Crippen molar-refractivity contribution in [3.8, 4) is 0 Å². The van der Waals surface area contributed by atoms with E-state index in [1.165, 1.54) is 18.9 Å². The van der Waals surface area contributed by atoms with Gasteiger partial charge in [-0.15, -0.1) is 11.3 Å². The zero-order valence-corrected chi connectivity index (χ0v) is 11.6. The van der Waals surface area contributed by atoms with Crippen molar-refractivity contribution in [2.45, 2.75) is 16.2 Å². The van der Waals surface area contributed by atoms with E-state index in [0.717, 1.165) is 14.9 Å². The highest BCUT2D eigenvalue weighted by Gasteiger charge is 2.14. The number of benzene rings is 1. The summed E-state index contributed by atoms with van der Waals surface area (Å²) in [5, 5.41) is 1.97. The number of thiazole rings is 1. The van der Waals surface area contributed by atoms with Crippen LogP contribution in [0, 0.1) is 6.92 Å². The van der Waals surface area contributed by atoms with Crippen molar-refractivity contribution < 1.29 is 9.53 Å². The molecule has 4 nitrogen and oxygen atoms in total. The second-order valence-electron chi connectivity index (χ2n) is 3.60. The van der Waals surface area contributed by atoms with Gasteiger partial charge in [0.05, 0.1) is 12.7 Å². The van der Waals surface area contributed by atoms with Gasteiger partial charge in [0.2, 0.25) is 0 Å². The van der Waals surface area contributed by atoms with E-state index in [1.54, 1.807) is 23.5 Å². The lowest BCUT2D eigenvalue weighted by Gasteiger charge is -2.06. The van der Waals surface area contributed by atoms with E-state index in [0.29, 0.717) is 11.3 Å². The molecule has 1 aromatic heterocycles. The molecular formula is C12H12N2O2S2. The quantitative estimate of drug-likeness (QED) is 0.691. The van der Waals surface area contributed by atoms with E-state index in [4.69, 9.17) is 10.5 Å². The lowest BCUT2D eigenvalue weighted by Crippen LogP contribution is -2.04. The SMILES string of the molecule is COC(=O)c1cc(N)ccc1Sc1nc(C)cs1. The van der Waals surface area contributed by atoms with Crippen molar-refractivity contribution in [2.24, 2.45) is 0 Å². The fraction of sp³-hybridized carbons (Fsp3) is 0.167. The Balaban J connectivity index is 2.35. The second kappa shape index (κ2) is 5.41. The van der Waals surface area contributed by atoms with Gasteiger partial charge in [-0.1, -0.05) is 11.8 Å². The average Bonchev–Trinajstić information content (AvgIpc) is 2.76. The first-order valence-corrected chi connectivity index (χ1v) is 6.87. The molecule has 0 radical (unpaired) electrons. The molecule has 0 fully saturated rings. The monoisotopic (exact) mass is 280 g/mol. The van der Waals surface area contributed by atoms with E-state index < -0.39 is 5.97 Å². The van der Waals surface area contributed by atoms with Crippen LogP contribution in [0.15, 0.2) is 32.8 Å². The molecule has 0 aliphatic heterocycles. The molecule has 94 valence electrons. The first-order chi connectivity index (χ1) is 8.60. The number of nitrogens with zero attached hydrogens (tertiary/aromatic N) is 1. The largest absolute Gasteiger partial charge is 0.465 e. The van der Waals surface area contributed by atoms with E-state index in [-0.39, 0.29) is 0 Å². The molecule has 2 N–H and O–H groups in total. The Bertz CT molecular complexity index is 581. The van der Waals surface area contributed by atoms with Gasteiger partial charge in [0.25, 0.3) is 0 Å². The number of aromatic nitrogens is 1. The number of nitrogen functional groups attached to an aromatic ring is 1. The van der Waals surface area contributed by atoms with Crippen molar-refractivity contribution in [1.29, 1.82) is 0 Å². The van der Waals surface area contributed by atoms with Crippen LogP contribution in [0.5, 0.6) is 0 Å². The minimum atomic E-state index is -0.391. The first-order valence-electron chi connectivity index (χ1n) is 5.18. The Morgan fingerprint density at radius 1 is 1.50 bits per heavy atom. The molecule has 6 heteroatoms. The Kier molecular flexibility index (Phi) is 3.88. The zero-order valence-electron chi connectivity index (χ0n) is 9.97. The summed E-state index contributed by atoms with van der Waals surface area (Å²) in [6.45, 7) is 1.94. The summed E-state index contributed by atoms with van der Waals surface area (Å²) < 4.78 is 5.64. The predicted molar refractivity (Wildman–Crippen MR) is 73.2 cm³/mol. The van der Waals surface area contributed by atoms with Gasteiger partial charge in [-0.2, -0.15) is 0 Å². The van der Waals surface area contributed by atoms with Crippen LogP contribution in [0.25, 0.3) is 0 Å². The number of methoxy groups -OCH3 is 1. The number of anilines is 1. The third kappa shape index (κ3) is 2.83. The van der Waals surface area contributed by atoms with Crippen LogP contribution in [0.4, 0.5) is 5.69 Å². The van der Waals surface area contributed by atoms with Gasteiger partial charge < -0.3 is 10.5 Å². The molecule has 0 amide bonds. The van der Waals surface area contributed by atoms with Gasteiger partial charge in [-0.25, -0.2) is 9.78 Å². The van der Waals surface area contributed by atoms with Gasteiger partial charge in [0, 0.05) is 21.7 Å². The maximum absolute atomic E-state index is 11.7. The molecular weight excluding hydrogens is 268 g/mol. The molecule has 1 aromatic carbocycles. The summed E-state index contributed by atoms with van der Waals surface area (Å²) in [6.07, 6.45) is 0. The van der Waals surface area contributed by atoms with Gasteiger partial charge in [-0.05, 0) is 25.1 Å². The van der Waals surface area contributed by atoms with E-state index >= 15 is 0 Å². The van der Waals surface area contributed by atoms with Crippen molar-refractivity contribution in [3.63, 3.8) is 0 Å². The van der Waals surface area contributed by atoms with E-state index in [2.05, 4.69) is 4.98 Å². The number of ether oxygens (including phenoxy) is 1. The maximum atomic E-state index is 11.7. The number of esters is 1. The van der Waals surface area contributed by atoms with Crippen LogP contribution in [0.3, 0.4) is 0 Å². The second-order valence-corrected chi connectivity index (χ2v) is 5.75. The van der Waals surface area contributed by atoms with Crippen molar-refractivity contribution in [1.82, 2.24) is 4.98 Å². The van der Waals surface area contributed by atoms with E-state index in [1.807, 2.05) is 18.4 Å². The first kappa shape index (κ1) is 12.9. The maximum Gasteiger partial charge on any atom is 0.339 e. The zero-order chi connectivity index (χ0) is 13.1. The molecule has 0 atom stereocenters. The fourth-order valence-electron chi connectivity index (χ4n) is 1.38. The normalized spacial score (nSPS) is 10.3. The number of hydrogen-bond acceptors (Lipinski definition) is 6. The summed E-state index contributed by atoms with van der Waals surface area (Å²) in [7, 11) is 1.35. The Hall–Kier alpha value is -1.53. The topological polar surface area (TPSA) is 65.2 Å². The third-order valence-electron chi connectivity index (χ3n) is 2.20. The fourth-order valence-corrected chi connectivity index (χ4v) is 3.27. The molecule has 18 heavy (non-hydrogen) atoms. The minimum absolute atomic E-state index is 0.391. The lowest BCUT2D eigenvalue weighted by atomic mass is 10.2. The molecule has 0 saturated carbocycles. The molecule has 0 bridgehead atoms. The van der Waals surface area contributed by atoms with Crippen molar-refractivity contribution in [3.05, 3.63) is 34.8 Å². The summed E-state index contributed by atoms with van der Waals surface area (Å²) in [5.41, 5.74) is 7.66. The van der Waals surface area contributed by atoms with Crippen LogP contribution in [0.2, 0.25) is 0 Å². The molecule has 0 spiro atoms. The summed E-state index contributed by atoms with van der Waals surface area (Å²) in [5.74, 6) is -0.391. The highest BCUT2D eigenvalue weighted by Crippen LogP contribution is 2.33. The van der Waals surface area contributed by atoms with Gasteiger partial charge in [0.15, 0.2) is 4.34 Å². The van der Waals surface area contributed by atoms with Crippen LogP contribution >= 0.6 is 23.1 Å². The standard InChI is InChI=1S/C12H12N2O2S2/c1-7-6-17-12(14-7)18-10-4-3-8(13)5-9(10)11(15)16-2/h3-6H,13H2,1-2H3. The van der Waals surface area contributed by atoms with Crippen molar-refractivity contribution in [2.75, 3.05) is 12.8 Å². The van der Waals surface area contributed by atoms with Gasteiger partial charge in [-0.3, -0.25) is 0 Å². The van der Waals surface area contributed by atoms with Gasteiger partial charge in [0.1, 0.15) is 0 Å². The van der Waals surface area contributed by atoms with Crippen LogP contribution in [0.1, 0.15) is 16.1 Å². The number of nitrogens with two attached hydrogens (primary N) is 1. The van der Waals surface area contributed by atoms with Crippen molar-refractivity contribution >= 4 is 34.8 Å². The minimum Gasteiger partial charge on any atom is -0.465 e. The molecule has 0 aliphatic carbocycles. The Morgan fingerprint density at radius 2 is 2.28 bits per heavy atom. The molecule has 0 aliphatic rings.